The van der Waals surface area contributed by atoms with Crippen LogP contribution in [-0.2, 0) is 16.0 Å². The average molecular weight is 508 g/mol. The van der Waals surface area contributed by atoms with Crippen LogP contribution in [0.25, 0.3) is 33.4 Å². The fraction of sp³-hybridized carbons (Fsp3) is 0.294. The number of aryl methyl sites for hydroxylation is 2. The van der Waals surface area contributed by atoms with Crippen LogP contribution in [0.15, 0.2) is 85.2 Å². The van der Waals surface area contributed by atoms with Crippen molar-refractivity contribution in [1.29, 1.82) is 0 Å². The first kappa shape index (κ1) is 27.3. The van der Waals surface area contributed by atoms with Gasteiger partial charge in [0.2, 0.25) is 0 Å². The summed E-state index contributed by atoms with van der Waals surface area (Å²) in [6.07, 6.45) is 5.79. The number of aliphatic carboxylic acids is 1. The van der Waals surface area contributed by atoms with Gasteiger partial charge in [-0.2, -0.15) is 0 Å². The monoisotopic (exact) mass is 507 g/mol. The maximum absolute atomic E-state index is 12.4. The SMILES string of the molecule is CCCCc1cc(-c2cc(-c3cccc(-c4cccnc4)c3)ccc2C(OC(C)(C)C)C(=O)O)ccc1C. The first-order chi connectivity index (χ1) is 18.2. The van der Waals surface area contributed by atoms with Crippen LogP contribution in [-0.4, -0.2) is 21.7 Å². The van der Waals surface area contributed by atoms with Crippen LogP contribution in [0.3, 0.4) is 0 Å². The quantitative estimate of drug-likeness (QED) is 0.246. The largest absolute Gasteiger partial charge is 0.479 e. The van der Waals surface area contributed by atoms with Gasteiger partial charge in [0.25, 0.3) is 0 Å². The summed E-state index contributed by atoms with van der Waals surface area (Å²) in [5, 5.41) is 10.2. The van der Waals surface area contributed by atoms with Crippen molar-refractivity contribution >= 4 is 5.97 Å². The highest BCUT2D eigenvalue weighted by molar-refractivity contribution is 5.83. The number of unbranched alkanes of at least 4 members (excludes halogenated alkanes) is 1. The molecule has 0 amide bonds. The number of hydrogen-bond acceptors (Lipinski definition) is 3. The van der Waals surface area contributed by atoms with E-state index in [9.17, 15) is 9.90 Å². The highest BCUT2D eigenvalue weighted by Gasteiger charge is 2.29. The molecule has 1 atom stereocenters. The van der Waals surface area contributed by atoms with Crippen molar-refractivity contribution in [2.75, 3.05) is 0 Å². The smallest absolute Gasteiger partial charge is 0.337 e. The summed E-state index contributed by atoms with van der Waals surface area (Å²) in [7, 11) is 0. The van der Waals surface area contributed by atoms with E-state index >= 15 is 0 Å². The molecule has 0 aliphatic heterocycles. The number of carboxylic acid groups (broad SMARTS) is 1. The summed E-state index contributed by atoms with van der Waals surface area (Å²) in [5.41, 5.74) is 8.68. The van der Waals surface area contributed by atoms with Crippen molar-refractivity contribution in [3.63, 3.8) is 0 Å². The molecule has 38 heavy (non-hydrogen) atoms. The van der Waals surface area contributed by atoms with Gasteiger partial charge in [-0.15, -0.1) is 0 Å². The molecule has 0 aliphatic carbocycles. The van der Waals surface area contributed by atoms with Crippen molar-refractivity contribution < 1.29 is 14.6 Å². The molecule has 0 aliphatic rings. The zero-order chi connectivity index (χ0) is 27.3. The zero-order valence-corrected chi connectivity index (χ0v) is 23.0. The molecule has 196 valence electrons. The van der Waals surface area contributed by atoms with E-state index in [1.165, 1.54) is 11.1 Å². The minimum absolute atomic E-state index is 0.614. The zero-order valence-electron chi connectivity index (χ0n) is 23.0. The second kappa shape index (κ2) is 11.7. The summed E-state index contributed by atoms with van der Waals surface area (Å²) >= 11 is 0. The van der Waals surface area contributed by atoms with Crippen molar-refractivity contribution in [2.45, 2.75) is 65.6 Å². The molecule has 0 saturated heterocycles. The Morgan fingerprint density at radius 2 is 1.58 bits per heavy atom. The molecule has 3 aromatic carbocycles. The molecule has 4 nitrogen and oxygen atoms in total. The van der Waals surface area contributed by atoms with Gasteiger partial charge in [-0.3, -0.25) is 4.98 Å². The van der Waals surface area contributed by atoms with Gasteiger partial charge in [-0.05, 0) is 103 Å². The number of pyridine rings is 1. The van der Waals surface area contributed by atoms with Gasteiger partial charge in [-0.25, -0.2) is 4.79 Å². The van der Waals surface area contributed by atoms with Crippen molar-refractivity contribution in [2.24, 2.45) is 0 Å². The lowest BCUT2D eigenvalue weighted by Crippen LogP contribution is -2.27. The van der Waals surface area contributed by atoms with Crippen LogP contribution >= 0.6 is 0 Å². The Morgan fingerprint density at radius 1 is 0.895 bits per heavy atom. The fourth-order valence-electron chi connectivity index (χ4n) is 4.70. The van der Waals surface area contributed by atoms with E-state index in [2.05, 4.69) is 61.3 Å². The summed E-state index contributed by atoms with van der Waals surface area (Å²) in [6, 6.07) is 24.8. The molecule has 0 radical (unpaired) electrons. The molecule has 1 unspecified atom stereocenters. The van der Waals surface area contributed by atoms with E-state index in [1.807, 2.05) is 57.3 Å². The van der Waals surface area contributed by atoms with E-state index in [4.69, 9.17) is 4.74 Å². The van der Waals surface area contributed by atoms with Gasteiger partial charge < -0.3 is 9.84 Å². The fourth-order valence-corrected chi connectivity index (χ4v) is 4.70. The van der Waals surface area contributed by atoms with E-state index < -0.39 is 17.7 Å². The number of benzene rings is 3. The second-order valence-corrected chi connectivity index (χ2v) is 10.8. The van der Waals surface area contributed by atoms with E-state index in [0.717, 1.165) is 52.6 Å². The maximum atomic E-state index is 12.4. The third-order valence-corrected chi connectivity index (χ3v) is 6.68. The van der Waals surface area contributed by atoms with Gasteiger partial charge in [0.15, 0.2) is 6.10 Å². The molecule has 4 heteroatoms. The number of nitrogens with zero attached hydrogens (tertiary/aromatic N) is 1. The lowest BCUT2D eigenvalue weighted by molar-refractivity contribution is -0.160. The van der Waals surface area contributed by atoms with Crippen LogP contribution in [0.1, 0.15) is 63.3 Å². The average Bonchev–Trinajstić information content (AvgIpc) is 2.91. The first-order valence-corrected chi connectivity index (χ1v) is 13.3. The number of hydrogen-bond donors (Lipinski definition) is 1. The van der Waals surface area contributed by atoms with E-state index in [1.54, 1.807) is 6.20 Å². The molecule has 0 saturated carbocycles. The Morgan fingerprint density at radius 3 is 2.24 bits per heavy atom. The molecule has 1 aromatic heterocycles. The minimum Gasteiger partial charge on any atom is -0.479 e. The Balaban J connectivity index is 1.87. The van der Waals surface area contributed by atoms with Gasteiger partial charge >= 0.3 is 5.97 Å². The summed E-state index contributed by atoms with van der Waals surface area (Å²) in [5.74, 6) is -0.995. The lowest BCUT2D eigenvalue weighted by Gasteiger charge is -2.27. The number of ether oxygens (including phenoxy) is 1. The topological polar surface area (TPSA) is 59.4 Å². The lowest BCUT2D eigenvalue weighted by atomic mass is 9.89. The van der Waals surface area contributed by atoms with Crippen LogP contribution in [0.5, 0.6) is 0 Å². The Hall–Kier alpha value is -3.76. The number of carbonyl (C=O) groups is 1. The van der Waals surface area contributed by atoms with E-state index in [-0.39, 0.29) is 0 Å². The molecule has 0 bridgehead atoms. The Kier molecular flexibility index (Phi) is 8.43. The van der Waals surface area contributed by atoms with Crippen LogP contribution in [0.4, 0.5) is 0 Å². The van der Waals surface area contributed by atoms with Gasteiger partial charge in [0.05, 0.1) is 5.60 Å². The van der Waals surface area contributed by atoms with E-state index in [0.29, 0.717) is 5.56 Å². The third kappa shape index (κ3) is 6.56. The van der Waals surface area contributed by atoms with Crippen LogP contribution < -0.4 is 0 Å². The highest BCUT2D eigenvalue weighted by atomic mass is 16.5. The van der Waals surface area contributed by atoms with Crippen molar-refractivity contribution in [3.05, 3.63) is 102 Å². The highest BCUT2D eigenvalue weighted by Crippen LogP contribution is 2.37. The maximum Gasteiger partial charge on any atom is 0.337 e. The molecule has 1 N–H and O–H groups in total. The van der Waals surface area contributed by atoms with Gasteiger partial charge in [0, 0.05) is 18.0 Å². The second-order valence-electron chi connectivity index (χ2n) is 10.8. The third-order valence-electron chi connectivity index (χ3n) is 6.68. The summed E-state index contributed by atoms with van der Waals surface area (Å²) in [6.45, 7) is 9.99. The standard InChI is InChI=1S/C34H37NO3/c1-6-7-10-24-19-28(15-14-23(24)2)31-21-27(16-17-30(31)32(33(36)37)38-34(3,4)5)25-11-8-12-26(20-25)29-13-9-18-35-22-29/h8-9,11-22,32H,6-7,10H2,1-5H3,(H,36,37). The van der Waals surface area contributed by atoms with Crippen molar-refractivity contribution in [1.82, 2.24) is 4.98 Å². The summed E-state index contributed by atoms with van der Waals surface area (Å²) < 4.78 is 6.08. The van der Waals surface area contributed by atoms with Crippen LogP contribution in [0.2, 0.25) is 0 Å². The number of rotatable bonds is 9. The van der Waals surface area contributed by atoms with Crippen LogP contribution in [0, 0.1) is 6.92 Å². The first-order valence-electron chi connectivity index (χ1n) is 13.3. The Labute approximate surface area is 226 Å². The normalized spacial score (nSPS) is 12.3. The molecular weight excluding hydrogens is 470 g/mol. The van der Waals surface area contributed by atoms with Crippen molar-refractivity contribution in [3.8, 4) is 33.4 Å². The molecule has 4 aromatic rings. The molecule has 4 rings (SSSR count). The molecule has 0 fully saturated rings. The van der Waals surface area contributed by atoms with Gasteiger partial charge in [-0.1, -0.05) is 67.9 Å². The predicted octanol–water partition coefficient (Wildman–Crippen LogP) is 8.67. The minimum atomic E-state index is -1.08. The Bertz CT molecular complexity index is 1400. The molecular formula is C34H37NO3. The summed E-state index contributed by atoms with van der Waals surface area (Å²) in [4.78, 5) is 16.7. The number of aromatic nitrogens is 1. The number of carboxylic acids is 1. The van der Waals surface area contributed by atoms with Gasteiger partial charge in [0.1, 0.15) is 0 Å². The molecule has 1 heterocycles. The predicted molar refractivity (Wildman–Crippen MR) is 155 cm³/mol. The molecule has 0 spiro atoms.